The van der Waals surface area contributed by atoms with Crippen molar-refractivity contribution in [2.45, 2.75) is 6.10 Å². The number of benzene rings is 2. The van der Waals surface area contributed by atoms with Crippen molar-refractivity contribution < 1.29 is 14.2 Å². The summed E-state index contributed by atoms with van der Waals surface area (Å²) in [7, 11) is 0. The molecule has 0 radical (unpaired) electrons. The van der Waals surface area contributed by atoms with E-state index in [0.717, 1.165) is 15.8 Å². The summed E-state index contributed by atoms with van der Waals surface area (Å²) in [5.74, 6) is 2.15. The number of hydrogen-bond acceptors (Lipinski definition) is 4. The van der Waals surface area contributed by atoms with Gasteiger partial charge in [0.15, 0.2) is 11.5 Å². The maximum Gasteiger partial charge on any atom is 0.231 e. The molecule has 0 spiro atoms. The van der Waals surface area contributed by atoms with Crippen LogP contribution in [0.3, 0.4) is 0 Å². The molecular weight excluding hydrogens is 322 g/mol. The van der Waals surface area contributed by atoms with Crippen LogP contribution in [0.5, 0.6) is 17.2 Å². The SMILES string of the molecule is NCC(Oc1ccc2c(c1)OCO2)c1ccccc1Br. The molecule has 2 aromatic rings. The van der Waals surface area contributed by atoms with Crippen molar-refractivity contribution in [3.63, 3.8) is 0 Å². The van der Waals surface area contributed by atoms with Gasteiger partial charge in [-0.2, -0.15) is 0 Å². The molecule has 2 aromatic carbocycles. The maximum absolute atomic E-state index is 5.97. The topological polar surface area (TPSA) is 53.7 Å². The van der Waals surface area contributed by atoms with E-state index in [1.165, 1.54) is 0 Å². The summed E-state index contributed by atoms with van der Waals surface area (Å²) in [6.07, 6.45) is -0.217. The molecule has 1 aliphatic heterocycles. The second kappa shape index (κ2) is 5.73. The van der Waals surface area contributed by atoms with E-state index in [0.29, 0.717) is 18.0 Å². The summed E-state index contributed by atoms with van der Waals surface area (Å²) < 4.78 is 17.6. The zero-order valence-corrected chi connectivity index (χ0v) is 12.3. The van der Waals surface area contributed by atoms with Gasteiger partial charge in [-0.3, -0.25) is 0 Å². The Labute approximate surface area is 125 Å². The predicted octanol–water partition coefficient (Wildman–Crippen LogP) is 3.26. The molecule has 1 heterocycles. The first-order valence-corrected chi connectivity index (χ1v) is 7.08. The molecule has 0 bridgehead atoms. The van der Waals surface area contributed by atoms with Crippen LogP contribution < -0.4 is 19.9 Å². The standard InChI is InChI=1S/C15H14BrNO3/c16-12-4-2-1-3-11(12)15(8-17)20-10-5-6-13-14(7-10)19-9-18-13/h1-7,15H,8-9,17H2. The molecule has 3 rings (SSSR count). The quantitative estimate of drug-likeness (QED) is 0.931. The third-order valence-electron chi connectivity index (χ3n) is 3.09. The van der Waals surface area contributed by atoms with Crippen LogP contribution in [-0.2, 0) is 0 Å². The van der Waals surface area contributed by atoms with Gasteiger partial charge in [-0.15, -0.1) is 0 Å². The maximum atomic E-state index is 5.97. The lowest BCUT2D eigenvalue weighted by atomic mass is 10.1. The van der Waals surface area contributed by atoms with Gasteiger partial charge in [0.05, 0.1) is 0 Å². The third kappa shape index (κ3) is 2.59. The van der Waals surface area contributed by atoms with Crippen LogP contribution in [0.15, 0.2) is 46.9 Å². The molecule has 0 aromatic heterocycles. The monoisotopic (exact) mass is 335 g/mol. The minimum atomic E-state index is -0.217. The number of fused-ring (bicyclic) bond motifs is 1. The summed E-state index contributed by atoms with van der Waals surface area (Å²) >= 11 is 3.52. The molecule has 20 heavy (non-hydrogen) atoms. The van der Waals surface area contributed by atoms with Gasteiger partial charge >= 0.3 is 0 Å². The van der Waals surface area contributed by atoms with Crippen molar-refractivity contribution in [2.75, 3.05) is 13.3 Å². The van der Waals surface area contributed by atoms with Crippen molar-refractivity contribution in [2.24, 2.45) is 5.73 Å². The van der Waals surface area contributed by atoms with Crippen molar-refractivity contribution in [3.8, 4) is 17.2 Å². The van der Waals surface area contributed by atoms with Crippen LogP contribution in [0.4, 0.5) is 0 Å². The van der Waals surface area contributed by atoms with Crippen LogP contribution >= 0.6 is 15.9 Å². The minimum absolute atomic E-state index is 0.217. The van der Waals surface area contributed by atoms with Crippen LogP contribution in [0.1, 0.15) is 11.7 Å². The summed E-state index contributed by atoms with van der Waals surface area (Å²) in [6, 6.07) is 13.4. The Balaban J connectivity index is 1.83. The van der Waals surface area contributed by atoms with Crippen molar-refractivity contribution in [1.82, 2.24) is 0 Å². The van der Waals surface area contributed by atoms with E-state index in [1.54, 1.807) is 0 Å². The van der Waals surface area contributed by atoms with Crippen molar-refractivity contribution >= 4 is 15.9 Å². The van der Waals surface area contributed by atoms with Gasteiger partial charge in [0.25, 0.3) is 0 Å². The lowest BCUT2D eigenvalue weighted by Crippen LogP contribution is -2.18. The molecule has 4 nitrogen and oxygen atoms in total. The first-order valence-electron chi connectivity index (χ1n) is 6.28. The molecular formula is C15H14BrNO3. The molecule has 0 saturated carbocycles. The highest BCUT2D eigenvalue weighted by molar-refractivity contribution is 9.10. The van der Waals surface area contributed by atoms with Gasteiger partial charge in [-0.05, 0) is 18.2 Å². The molecule has 5 heteroatoms. The smallest absolute Gasteiger partial charge is 0.231 e. The summed E-state index contributed by atoms with van der Waals surface area (Å²) in [5.41, 5.74) is 6.85. The normalized spacial score (nSPS) is 14.1. The van der Waals surface area contributed by atoms with Gasteiger partial charge in [-0.1, -0.05) is 34.1 Å². The Morgan fingerprint density at radius 2 is 1.95 bits per heavy atom. The van der Waals surface area contributed by atoms with Gasteiger partial charge in [0.2, 0.25) is 6.79 Å². The first kappa shape index (κ1) is 13.3. The Morgan fingerprint density at radius 3 is 2.75 bits per heavy atom. The fourth-order valence-electron chi connectivity index (χ4n) is 2.09. The van der Waals surface area contributed by atoms with Crippen molar-refractivity contribution in [1.29, 1.82) is 0 Å². The van der Waals surface area contributed by atoms with Crippen LogP contribution in [-0.4, -0.2) is 13.3 Å². The summed E-state index contributed by atoms with van der Waals surface area (Å²) in [4.78, 5) is 0. The van der Waals surface area contributed by atoms with Crippen LogP contribution in [0, 0.1) is 0 Å². The fourth-order valence-corrected chi connectivity index (χ4v) is 2.63. The first-order chi connectivity index (χ1) is 9.78. The van der Waals surface area contributed by atoms with E-state index < -0.39 is 0 Å². The van der Waals surface area contributed by atoms with Crippen LogP contribution in [0.2, 0.25) is 0 Å². The zero-order valence-electron chi connectivity index (χ0n) is 10.7. The Kier molecular flexibility index (Phi) is 3.80. The molecule has 0 fully saturated rings. The molecule has 0 amide bonds. The molecule has 1 unspecified atom stereocenters. The highest BCUT2D eigenvalue weighted by Gasteiger charge is 2.18. The minimum Gasteiger partial charge on any atom is -0.484 e. The highest BCUT2D eigenvalue weighted by atomic mass is 79.9. The highest BCUT2D eigenvalue weighted by Crippen LogP contribution is 2.36. The van der Waals surface area contributed by atoms with Gasteiger partial charge in [0, 0.05) is 22.6 Å². The van der Waals surface area contributed by atoms with E-state index in [4.69, 9.17) is 19.9 Å². The van der Waals surface area contributed by atoms with E-state index in [2.05, 4.69) is 15.9 Å². The number of ether oxygens (including phenoxy) is 3. The number of halogens is 1. The third-order valence-corrected chi connectivity index (χ3v) is 3.81. The largest absolute Gasteiger partial charge is 0.484 e. The summed E-state index contributed by atoms with van der Waals surface area (Å²) in [5, 5.41) is 0. The molecule has 2 N–H and O–H groups in total. The zero-order chi connectivity index (χ0) is 13.9. The second-order valence-electron chi connectivity index (χ2n) is 4.38. The van der Waals surface area contributed by atoms with E-state index in [-0.39, 0.29) is 12.9 Å². The lowest BCUT2D eigenvalue weighted by Gasteiger charge is -2.19. The van der Waals surface area contributed by atoms with E-state index in [9.17, 15) is 0 Å². The van der Waals surface area contributed by atoms with E-state index in [1.807, 2.05) is 42.5 Å². The second-order valence-corrected chi connectivity index (χ2v) is 5.23. The number of rotatable bonds is 4. The lowest BCUT2D eigenvalue weighted by molar-refractivity contribution is 0.173. The molecule has 0 saturated heterocycles. The Hall–Kier alpha value is -1.72. The number of hydrogen-bond donors (Lipinski definition) is 1. The molecule has 0 aliphatic carbocycles. The van der Waals surface area contributed by atoms with Crippen LogP contribution in [0.25, 0.3) is 0 Å². The van der Waals surface area contributed by atoms with E-state index >= 15 is 0 Å². The van der Waals surface area contributed by atoms with Gasteiger partial charge < -0.3 is 19.9 Å². The summed E-state index contributed by atoms with van der Waals surface area (Å²) in [6.45, 7) is 0.639. The average molecular weight is 336 g/mol. The average Bonchev–Trinajstić information content (AvgIpc) is 2.93. The van der Waals surface area contributed by atoms with Crippen molar-refractivity contribution in [3.05, 3.63) is 52.5 Å². The fraction of sp³-hybridized carbons (Fsp3) is 0.200. The molecule has 1 aliphatic rings. The predicted molar refractivity (Wildman–Crippen MR) is 79.1 cm³/mol. The Morgan fingerprint density at radius 1 is 1.15 bits per heavy atom. The Bertz CT molecular complexity index is 618. The van der Waals surface area contributed by atoms with Gasteiger partial charge in [-0.25, -0.2) is 0 Å². The molecule has 1 atom stereocenters. The number of nitrogens with two attached hydrogens (primary N) is 1. The molecule has 104 valence electrons. The van der Waals surface area contributed by atoms with Gasteiger partial charge in [0.1, 0.15) is 11.9 Å².